The number of hydrogen-bond donors (Lipinski definition) is 1. The van der Waals surface area contributed by atoms with Crippen molar-refractivity contribution in [2.75, 3.05) is 26.2 Å². The second kappa shape index (κ2) is 9.75. The van der Waals surface area contributed by atoms with Gasteiger partial charge in [-0.15, -0.1) is 0 Å². The molecular formula is C24H28N4O7S. The minimum atomic E-state index is -3.84. The van der Waals surface area contributed by atoms with Crippen molar-refractivity contribution in [3.63, 3.8) is 0 Å². The van der Waals surface area contributed by atoms with E-state index >= 15 is 0 Å². The molecule has 0 saturated carbocycles. The molecule has 3 atom stereocenters. The van der Waals surface area contributed by atoms with Crippen LogP contribution in [0, 0.1) is 6.92 Å². The molecule has 12 heteroatoms. The Bertz CT molecular complexity index is 1270. The first-order valence-electron chi connectivity index (χ1n) is 12.0. The average molecular weight is 517 g/mol. The molecule has 3 aliphatic rings. The van der Waals surface area contributed by atoms with E-state index in [9.17, 15) is 22.8 Å². The normalized spacial score (nSPS) is 23.1. The minimum Gasteiger partial charge on any atom is -0.448 e. The van der Waals surface area contributed by atoms with Crippen molar-refractivity contribution in [3.05, 3.63) is 47.5 Å². The molecule has 0 bridgehead atoms. The van der Waals surface area contributed by atoms with Gasteiger partial charge in [0, 0.05) is 44.5 Å². The number of nitrogens with one attached hydrogen (secondary N) is 1. The van der Waals surface area contributed by atoms with Gasteiger partial charge in [-0.3, -0.25) is 19.4 Å². The maximum Gasteiger partial charge on any atom is 0.276 e. The summed E-state index contributed by atoms with van der Waals surface area (Å²) in [5, 5.41) is 2.46. The van der Waals surface area contributed by atoms with Crippen molar-refractivity contribution in [2.24, 2.45) is 0 Å². The number of ketones is 1. The first-order valence-corrected chi connectivity index (χ1v) is 13.4. The SMILES string of the molecule is Cc1oc(S(=O)(=O)N2CCCC2)cc1C(=O)NC(Cc1cccnc1)C(=O)N1CCC2OCC(=O)C21. The molecule has 192 valence electrons. The maximum absolute atomic E-state index is 13.6. The third-order valence-corrected chi connectivity index (χ3v) is 8.71. The number of amides is 2. The predicted molar refractivity (Wildman–Crippen MR) is 125 cm³/mol. The molecule has 0 aliphatic carbocycles. The third-order valence-electron chi connectivity index (χ3n) is 6.96. The Balaban J connectivity index is 1.39. The van der Waals surface area contributed by atoms with E-state index in [1.54, 1.807) is 24.5 Å². The van der Waals surface area contributed by atoms with E-state index in [-0.39, 0.29) is 41.3 Å². The van der Waals surface area contributed by atoms with E-state index in [1.807, 2.05) is 0 Å². The molecule has 1 N–H and O–H groups in total. The number of furan rings is 1. The molecule has 3 unspecified atom stereocenters. The van der Waals surface area contributed by atoms with Crippen LogP contribution in [0.25, 0.3) is 0 Å². The van der Waals surface area contributed by atoms with Gasteiger partial charge in [0.15, 0.2) is 5.78 Å². The molecule has 3 aliphatic heterocycles. The van der Waals surface area contributed by atoms with Crippen LogP contribution in [0.3, 0.4) is 0 Å². The van der Waals surface area contributed by atoms with E-state index in [0.29, 0.717) is 26.1 Å². The number of aryl methyl sites for hydroxylation is 1. The summed E-state index contributed by atoms with van der Waals surface area (Å²) in [4.78, 5) is 44.8. The molecule has 2 aromatic heterocycles. The summed E-state index contributed by atoms with van der Waals surface area (Å²) in [7, 11) is -3.84. The van der Waals surface area contributed by atoms with Gasteiger partial charge < -0.3 is 19.4 Å². The smallest absolute Gasteiger partial charge is 0.276 e. The number of Topliss-reactive ketones (excluding diaryl/α,β-unsaturated/α-hetero) is 1. The van der Waals surface area contributed by atoms with Gasteiger partial charge in [0.1, 0.15) is 24.5 Å². The largest absolute Gasteiger partial charge is 0.448 e. The first kappa shape index (κ1) is 24.6. The minimum absolute atomic E-state index is 0.0266. The van der Waals surface area contributed by atoms with Crippen LogP contribution < -0.4 is 5.32 Å². The lowest BCUT2D eigenvalue weighted by molar-refractivity contribution is -0.138. The van der Waals surface area contributed by atoms with Crippen LogP contribution in [0.4, 0.5) is 0 Å². The van der Waals surface area contributed by atoms with Crippen molar-refractivity contribution in [2.45, 2.75) is 55.9 Å². The summed E-state index contributed by atoms with van der Waals surface area (Å²) in [5.41, 5.74) is 0.762. The zero-order chi connectivity index (χ0) is 25.4. The van der Waals surface area contributed by atoms with E-state index in [1.165, 1.54) is 22.2 Å². The van der Waals surface area contributed by atoms with Crippen LogP contribution in [0.15, 0.2) is 40.1 Å². The highest BCUT2D eigenvalue weighted by atomic mass is 32.2. The lowest BCUT2D eigenvalue weighted by Gasteiger charge is -2.27. The number of aromatic nitrogens is 1. The summed E-state index contributed by atoms with van der Waals surface area (Å²) >= 11 is 0. The van der Waals surface area contributed by atoms with Crippen LogP contribution in [-0.4, -0.2) is 84.6 Å². The number of carbonyl (C=O) groups excluding carboxylic acids is 3. The number of nitrogens with zero attached hydrogens (tertiary/aromatic N) is 3. The topological polar surface area (TPSA) is 139 Å². The molecule has 0 aromatic carbocycles. The lowest BCUT2D eigenvalue weighted by Crippen LogP contribution is -2.53. The highest BCUT2D eigenvalue weighted by Gasteiger charge is 2.48. The molecule has 2 amide bonds. The summed E-state index contributed by atoms with van der Waals surface area (Å²) in [6, 6.07) is 3.08. The van der Waals surface area contributed by atoms with Crippen LogP contribution in [0.5, 0.6) is 0 Å². The van der Waals surface area contributed by atoms with E-state index in [0.717, 1.165) is 18.4 Å². The van der Waals surface area contributed by atoms with Gasteiger partial charge in [0.25, 0.3) is 15.9 Å². The Kier molecular flexibility index (Phi) is 6.66. The molecule has 36 heavy (non-hydrogen) atoms. The summed E-state index contributed by atoms with van der Waals surface area (Å²) in [5.74, 6) is -1.05. The van der Waals surface area contributed by atoms with Gasteiger partial charge in [0.05, 0.1) is 11.7 Å². The number of carbonyl (C=O) groups is 3. The first-order chi connectivity index (χ1) is 17.3. The summed E-state index contributed by atoms with van der Waals surface area (Å²) in [6.45, 7) is 2.65. The Morgan fingerprint density at radius 3 is 2.75 bits per heavy atom. The van der Waals surface area contributed by atoms with Crippen molar-refractivity contribution in [1.29, 1.82) is 0 Å². The fourth-order valence-electron chi connectivity index (χ4n) is 5.10. The molecule has 3 saturated heterocycles. The molecule has 3 fully saturated rings. The van der Waals surface area contributed by atoms with Crippen molar-refractivity contribution in [3.8, 4) is 0 Å². The number of hydrogen-bond acceptors (Lipinski definition) is 8. The highest BCUT2D eigenvalue weighted by molar-refractivity contribution is 7.89. The van der Waals surface area contributed by atoms with Crippen LogP contribution in [0.1, 0.15) is 40.9 Å². The Hall–Kier alpha value is -3.09. The standard InChI is InChI=1S/C24H28N4O7S/c1-15-17(12-21(35-15)36(32,33)27-8-2-3-9-27)23(30)26-18(11-16-5-4-7-25-13-16)24(31)28-10-6-20-22(28)19(29)14-34-20/h4-5,7,12-13,18,20,22H,2-3,6,8-11,14H2,1H3,(H,26,30). The van der Waals surface area contributed by atoms with Crippen LogP contribution in [0.2, 0.25) is 0 Å². The number of fused-ring (bicyclic) bond motifs is 1. The van der Waals surface area contributed by atoms with Gasteiger partial charge in [-0.25, -0.2) is 8.42 Å². The Morgan fingerprint density at radius 2 is 2.03 bits per heavy atom. The van der Waals surface area contributed by atoms with Crippen LogP contribution in [-0.2, 0) is 30.8 Å². The van der Waals surface area contributed by atoms with Gasteiger partial charge in [-0.1, -0.05) is 6.07 Å². The fourth-order valence-corrected chi connectivity index (χ4v) is 6.59. The predicted octanol–water partition coefficient (Wildman–Crippen LogP) is 0.677. The Labute approximate surface area is 208 Å². The second-order valence-corrected chi connectivity index (χ2v) is 11.2. The van der Waals surface area contributed by atoms with Gasteiger partial charge in [-0.05, 0) is 37.8 Å². The van der Waals surface area contributed by atoms with Gasteiger partial charge >= 0.3 is 0 Å². The van der Waals surface area contributed by atoms with Gasteiger partial charge in [0.2, 0.25) is 11.0 Å². The monoisotopic (exact) mass is 516 g/mol. The Morgan fingerprint density at radius 1 is 1.25 bits per heavy atom. The number of pyridine rings is 1. The molecule has 2 aromatic rings. The highest BCUT2D eigenvalue weighted by Crippen LogP contribution is 2.29. The zero-order valence-electron chi connectivity index (χ0n) is 19.9. The van der Waals surface area contributed by atoms with Crippen molar-refractivity contribution in [1.82, 2.24) is 19.5 Å². The van der Waals surface area contributed by atoms with E-state index < -0.39 is 33.9 Å². The van der Waals surface area contributed by atoms with Crippen molar-refractivity contribution < 1.29 is 32.0 Å². The molecule has 11 nitrogen and oxygen atoms in total. The fraction of sp³-hybridized carbons (Fsp3) is 0.500. The number of rotatable bonds is 7. The average Bonchev–Trinajstić information content (AvgIpc) is 3.65. The van der Waals surface area contributed by atoms with E-state index in [4.69, 9.17) is 9.15 Å². The summed E-state index contributed by atoms with van der Waals surface area (Å²) < 4.78 is 38.1. The van der Waals surface area contributed by atoms with Crippen LogP contribution >= 0.6 is 0 Å². The molecule has 5 heterocycles. The molecule has 0 spiro atoms. The number of likely N-dealkylation sites (tertiary alicyclic amines) is 1. The number of ether oxygens (including phenoxy) is 1. The van der Waals surface area contributed by atoms with E-state index in [2.05, 4.69) is 10.3 Å². The molecular weight excluding hydrogens is 488 g/mol. The molecule has 0 radical (unpaired) electrons. The lowest BCUT2D eigenvalue weighted by atomic mass is 10.0. The zero-order valence-corrected chi connectivity index (χ0v) is 20.7. The van der Waals surface area contributed by atoms with Gasteiger partial charge in [-0.2, -0.15) is 4.31 Å². The third kappa shape index (κ3) is 4.56. The maximum atomic E-state index is 13.6. The molecule has 5 rings (SSSR count). The number of sulfonamides is 1. The quantitative estimate of drug-likeness (QED) is 0.567. The second-order valence-electron chi connectivity index (χ2n) is 9.32. The van der Waals surface area contributed by atoms with Crippen molar-refractivity contribution >= 4 is 27.6 Å². The summed E-state index contributed by atoms with van der Waals surface area (Å²) in [6.07, 6.45) is 5.13.